The van der Waals surface area contributed by atoms with Gasteiger partial charge in [-0.15, -0.1) is 0 Å². The molecule has 0 spiro atoms. The van der Waals surface area contributed by atoms with Gasteiger partial charge in [-0.3, -0.25) is 14.4 Å². The highest BCUT2D eigenvalue weighted by atomic mass is 16.4. The van der Waals surface area contributed by atoms with Gasteiger partial charge in [0.25, 0.3) is 0 Å². The molecular formula is C25H46N2O6. The molecule has 0 aromatic heterocycles. The number of carboxylic acids is 2. The first-order valence-electron chi connectivity index (χ1n) is 12.9. The van der Waals surface area contributed by atoms with Gasteiger partial charge in [-0.1, -0.05) is 77.0 Å². The Balaban J connectivity index is 3.52. The van der Waals surface area contributed by atoms with E-state index in [0.717, 1.165) is 44.9 Å². The van der Waals surface area contributed by atoms with E-state index in [4.69, 9.17) is 5.11 Å². The van der Waals surface area contributed by atoms with Gasteiger partial charge in [-0.05, 0) is 26.2 Å². The number of rotatable bonds is 23. The zero-order valence-corrected chi connectivity index (χ0v) is 20.5. The van der Waals surface area contributed by atoms with E-state index in [-0.39, 0.29) is 24.7 Å². The Morgan fingerprint density at radius 2 is 1.03 bits per heavy atom. The second-order valence-electron chi connectivity index (χ2n) is 8.79. The van der Waals surface area contributed by atoms with Crippen molar-refractivity contribution < 1.29 is 29.4 Å². The average molecular weight is 471 g/mol. The van der Waals surface area contributed by atoms with Crippen LogP contribution in [-0.2, 0) is 19.2 Å². The van der Waals surface area contributed by atoms with Crippen LogP contribution in [0.4, 0.5) is 0 Å². The molecule has 192 valence electrons. The van der Waals surface area contributed by atoms with Crippen molar-refractivity contribution in [3.05, 3.63) is 0 Å². The van der Waals surface area contributed by atoms with Crippen LogP contribution in [0.15, 0.2) is 0 Å². The maximum Gasteiger partial charge on any atom is 0.326 e. The first kappa shape index (κ1) is 30.9. The topological polar surface area (TPSA) is 133 Å². The molecule has 0 aromatic carbocycles. The van der Waals surface area contributed by atoms with Crippen LogP contribution in [0.5, 0.6) is 0 Å². The standard InChI is InChI=1S/C25H46N2O6/c1-2-26-22(28)20-19-21(25(32)33)27-23(29)17-15-13-11-9-7-5-3-4-6-8-10-12-14-16-18-24(30)31/h21H,2-20H2,1H3,(H,26,28)(H,27,29)(H,30,31)(H,32,33)/t21-/m0/s1. The van der Waals surface area contributed by atoms with Crippen LogP contribution in [0.2, 0.25) is 0 Å². The van der Waals surface area contributed by atoms with Crippen LogP contribution in [-0.4, -0.2) is 46.6 Å². The highest BCUT2D eigenvalue weighted by Crippen LogP contribution is 2.14. The second-order valence-corrected chi connectivity index (χ2v) is 8.79. The van der Waals surface area contributed by atoms with Gasteiger partial charge in [0, 0.05) is 25.8 Å². The number of amides is 2. The Kier molecular flexibility index (Phi) is 20.3. The molecule has 4 N–H and O–H groups in total. The Bertz CT molecular complexity index is 553. The Labute approximate surface area is 199 Å². The number of hydrogen-bond donors (Lipinski definition) is 4. The third kappa shape index (κ3) is 21.5. The summed E-state index contributed by atoms with van der Waals surface area (Å²) in [6, 6.07) is -1.02. The number of nitrogens with one attached hydrogen (secondary N) is 2. The number of aliphatic carboxylic acids is 2. The van der Waals surface area contributed by atoms with E-state index in [1.807, 2.05) is 0 Å². The molecule has 0 aliphatic heterocycles. The lowest BCUT2D eigenvalue weighted by Gasteiger charge is -2.14. The van der Waals surface area contributed by atoms with Crippen molar-refractivity contribution in [2.24, 2.45) is 0 Å². The van der Waals surface area contributed by atoms with E-state index in [9.17, 15) is 24.3 Å². The van der Waals surface area contributed by atoms with Gasteiger partial charge in [0.1, 0.15) is 6.04 Å². The van der Waals surface area contributed by atoms with Crippen molar-refractivity contribution in [1.29, 1.82) is 0 Å². The summed E-state index contributed by atoms with van der Waals surface area (Å²) in [6.07, 6.45) is 16.4. The van der Waals surface area contributed by atoms with Crippen LogP contribution in [0.3, 0.4) is 0 Å². The third-order valence-electron chi connectivity index (χ3n) is 5.71. The summed E-state index contributed by atoms with van der Waals surface area (Å²) in [5.41, 5.74) is 0. The highest BCUT2D eigenvalue weighted by molar-refractivity contribution is 5.84. The maximum atomic E-state index is 12.0. The highest BCUT2D eigenvalue weighted by Gasteiger charge is 2.20. The van der Waals surface area contributed by atoms with Crippen LogP contribution in [0.1, 0.15) is 122 Å². The molecule has 0 fully saturated rings. The quantitative estimate of drug-likeness (QED) is 0.159. The summed E-state index contributed by atoms with van der Waals surface area (Å²) >= 11 is 0. The predicted molar refractivity (Wildman–Crippen MR) is 129 cm³/mol. The van der Waals surface area contributed by atoms with E-state index in [1.165, 1.54) is 44.9 Å². The molecule has 0 aliphatic rings. The number of carbonyl (C=O) groups is 4. The molecule has 0 aromatic rings. The monoisotopic (exact) mass is 470 g/mol. The normalized spacial score (nSPS) is 11.7. The van der Waals surface area contributed by atoms with E-state index in [2.05, 4.69) is 10.6 Å². The molecule has 0 unspecified atom stereocenters. The van der Waals surface area contributed by atoms with Crippen LogP contribution >= 0.6 is 0 Å². The van der Waals surface area contributed by atoms with E-state index >= 15 is 0 Å². The fraction of sp³-hybridized carbons (Fsp3) is 0.840. The molecule has 2 amide bonds. The zero-order valence-electron chi connectivity index (χ0n) is 20.5. The maximum absolute atomic E-state index is 12.0. The van der Waals surface area contributed by atoms with Gasteiger partial charge in [0.05, 0.1) is 0 Å². The first-order valence-corrected chi connectivity index (χ1v) is 12.9. The fourth-order valence-electron chi connectivity index (χ4n) is 3.77. The number of unbranched alkanes of at least 4 members (excludes halogenated alkanes) is 13. The molecule has 0 radical (unpaired) electrons. The number of carboxylic acid groups (broad SMARTS) is 2. The summed E-state index contributed by atoms with van der Waals surface area (Å²) < 4.78 is 0. The Hall–Kier alpha value is -2.12. The largest absolute Gasteiger partial charge is 0.481 e. The van der Waals surface area contributed by atoms with Gasteiger partial charge in [0.15, 0.2) is 0 Å². The summed E-state index contributed by atoms with van der Waals surface area (Å²) in [6.45, 7) is 2.30. The predicted octanol–water partition coefficient (Wildman–Crippen LogP) is 4.80. The van der Waals surface area contributed by atoms with E-state index in [1.54, 1.807) is 6.92 Å². The second kappa shape index (κ2) is 21.7. The van der Waals surface area contributed by atoms with Crippen LogP contribution in [0.25, 0.3) is 0 Å². The molecule has 1 atom stereocenters. The smallest absolute Gasteiger partial charge is 0.326 e. The van der Waals surface area contributed by atoms with E-state index < -0.39 is 18.0 Å². The summed E-state index contributed by atoms with van der Waals surface area (Å²) in [5, 5.41) is 23.0. The van der Waals surface area contributed by atoms with Crippen LogP contribution < -0.4 is 10.6 Å². The van der Waals surface area contributed by atoms with Gasteiger partial charge in [-0.2, -0.15) is 0 Å². The molecular weight excluding hydrogens is 424 g/mol. The average Bonchev–Trinajstić information content (AvgIpc) is 2.76. The molecule has 0 heterocycles. The van der Waals surface area contributed by atoms with Gasteiger partial charge < -0.3 is 20.8 Å². The Morgan fingerprint density at radius 3 is 1.42 bits per heavy atom. The molecule has 0 bridgehead atoms. The van der Waals surface area contributed by atoms with Crippen molar-refractivity contribution in [1.82, 2.24) is 10.6 Å². The molecule has 33 heavy (non-hydrogen) atoms. The SMILES string of the molecule is CCNC(=O)CC[C@H](NC(=O)CCCCCCCCCCCCCCCCC(=O)O)C(=O)O. The third-order valence-corrected chi connectivity index (χ3v) is 5.71. The lowest BCUT2D eigenvalue weighted by Crippen LogP contribution is -2.41. The zero-order chi connectivity index (χ0) is 24.7. The lowest BCUT2D eigenvalue weighted by atomic mass is 10.0. The number of carbonyl (C=O) groups excluding carboxylic acids is 2. The van der Waals surface area contributed by atoms with Gasteiger partial charge >= 0.3 is 11.9 Å². The molecule has 0 saturated heterocycles. The van der Waals surface area contributed by atoms with Gasteiger partial charge in [0.2, 0.25) is 11.8 Å². The molecule has 8 heteroatoms. The minimum absolute atomic E-state index is 0.0830. The van der Waals surface area contributed by atoms with Crippen molar-refractivity contribution in [3.8, 4) is 0 Å². The molecule has 0 aliphatic carbocycles. The molecule has 8 nitrogen and oxygen atoms in total. The summed E-state index contributed by atoms with van der Waals surface area (Å²) in [7, 11) is 0. The van der Waals surface area contributed by atoms with Gasteiger partial charge in [-0.25, -0.2) is 4.79 Å². The van der Waals surface area contributed by atoms with E-state index in [0.29, 0.717) is 19.4 Å². The van der Waals surface area contributed by atoms with Crippen LogP contribution in [0, 0.1) is 0 Å². The van der Waals surface area contributed by atoms with Crippen molar-refractivity contribution >= 4 is 23.8 Å². The minimum atomic E-state index is -1.11. The number of hydrogen-bond acceptors (Lipinski definition) is 4. The van der Waals surface area contributed by atoms with Crippen molar-refractivity contribution in [2.45, 2.75) is 129 Å². The lowest BCUT2D eigenvalue weighted by molar-refractivity contribution is -0.142. The summed E-state index contributed by atoms with van der Waals surface area (Å²) in [5.74, 6) is -2.28. The van der Waals surface area contributed by atoms with Crippen molar-refractivity contribution in [2.75, 3.05) is 6.54 Å². The summed E-state index contributed by atoms with van der Waals surface area (Å²) in [4.78, 5) is 45.2. The minimum Gasteiger partial charge on any atom is -0.481 e. The first-order chi connectivity index (χ1) is 15.9. The molecule has 0 rings (SSSR count). The fourth-order valence-corrected chi connectivity index (χ4v) is 3.77. The Morgan fingerprint density at radius 1 is 0.606 bits per heavy atom. The molecule has 0 saturated carbocycles. The van der Waals surface area contributed by atoms with Crippen molar-refractivity contribution in [3.63, 3.8) is 0 Å².